The second kappa shape index (κ2) is 42.1. The number of hydrogen-bond acceptors (Lipinski definition) is 33. The zero-order chi connectivity index (χ0) is 78.4. The first kappa shape index (κ1) is 88.8. The standard InChI is InChI=1S/C60H95N23O21S2.ClH/c1-23-36(79-49(82-47(23)63)28(15-34(62)87)74-16-27(61)48(64)93)53(97)81-38(44(29-17-70-22-75-29)102-57-46(42(91)40(89)32(18-84)101-57)103-56-43(92)45(104-60(69)99)41(90)33(19-85)100-56)54(98)76-25(3)39(88)24(2)50(94)80-37(26(4)86)52(96)72-12-9-35-77-31(21-105-35)55-78-30(20-106-55)51(95)71-10-5-7-13-83(59(67)68)14-8-6-11-73-58(65)66;/h17,20-22,24-28,32-33,37-46,56-57,74,84-86,88-92H,5-16,18-19,61H2,1-4H3,(H2,62,87)(H2,64,93)(H3,67,68)(H2,69,99)(H,70,75)(H,71,95)(H,72,96)(H,76,98)(H,80,94)(H,81,97)(H2,63,79,82)(H4,65,66,73);1H. The Labute approximate surface area is 625 Å². The third-order valence-corrected chi connectivity index (χ3v) is 18.7. The van der Waals surface area contributed by atoms with Gasteiger partial charge in [0.15, 0.2) is 30.6 Å². The Bertz CT molecular complexity index is 3640. The van der Waals surface area contributed by atoms with Gasteiger partial charge in [0.25, 0.3) is 11.8 Å². The molecule has 8 amide bonds. The molecule has 47 heteroatoms. The molecule has 6 rings (SSSR count). The summed E-state index contributed by atoms with van der Waals surface area (Å²) >= 11 is 2.44. The van der Waals surface area contributed by atoms with Gasteiger partial charge >= 0.3 is 6.09 Å². The first-order chi connectivity index (χ1) is 50.1. The summed E-state index contributed by atoms with van der Waals surface area (Å²) in [5.74, 6) is -8.95. The summed E-state index contributed by atoms with van der Waals surface area (Å²) in [6, 6.07) is -7.93. The van der Waals surface area contributed by atoms with Crippen LogP contribution in [0, 0.1) is 18.3 Å². The van der Waals surface area contributed by atoms with Gasteiger partial charge in [-0.2, -0.15) is 0 Å². The number of unbranched alkanes of at least 4 members (excludes halogenated alkanes) is 2. The van der Waals surface area contributed by atoms with E-state index in [9.17, 15) is 74.4 Å². The number of aliphatic hydroxyl groups is 8. The quantitative estimate of drug-likeness (QED) is 0.0111. The van der Waals surface area contributed by atoms with Crippen LogP contribution < -0.4 is 77.8 Å². The zero-order valence-corrected chi connectivity index (χ0v) is 61.0. The molecule has 2 fully saturated rings. The normalized spacial score (nSPS) is 22.4. The van der Waals surface area contributed by atoms with E-state index in [2.05, 4.69) is 66.8 Å². The minimum Gasteiger partial charge on any atom is -0.441 e. The van der Waals surface area contributed by atoms with Crippen molar-refractivity contribution < 1.29 is 103 Å². The van der Waals surface area contributed by atoms with E-state index >= 15 is 4.79 Å². The fraction of sp³-hybridized carbons (Fsp3) is 0.617. The number of aliphatic imine (C=N–C) groups is 1. The molecule has 107 heavy (non-hydrogen) atoms. The number of halogens is 1. The number of nitrogens with two attached hydrogens (primary N) is 8. The smallest absolute Gasteiger partial charge is 0.404 e. The van der Waals surface area contributed by atoms with Crippen LogP contribution >= 0.6 is 35.1 Å². The van der Waals surface area contributed by atoms with Crippen LogP contribution in [0.3, 0.4) is 0 Å². The van der Waals surface area contributed by atoms with Crippen molar-refractivity contribution in [2.24, 2.45) is 51.0 Å². The number of ether oxygens (including phenoxy) is 5. The number of H-pyrrole nitrogens is 1. The van der Waals surface area contributed by atoms with Crippen LogP contribution in [0.5, 0.6) is 0 Å². The van der Waals surface area contributed by atoms with Crippen LogP contribution in [0.2, 0.25) is 0 Å². The number of aromatic nitrogens is 6. The molecule has 19 unspecified atom stereocenters. The van der Waals surface area contributed by atoms with E-state index in [4.69, 9.17) is 75.0 Å². The molecular weight excluding hydrogens is 1480 g/mol. The van der Waals surface area contributed by atoms with Gasteiger partial charge in [-0.25, -0.2) is 29.7 Å². The van der Waals surface area contributed by atoms with Crippen molar-refractivity contribution >= 4 is 100 Å². The van der Waals surface area contributed by atoms with Crippen molar-refractivity contribution in [3.05, 3.63) is 56.8 Å². The maximum Gasteiger partial charge on any atom is 0.404 e. The highest BCUT2D eigenvalue weighted by molar-refractivity contribution is 7.14. The lowest BCUT2D eigenvalue weighted by Gasteiger charge is -2.47. The molecule has 32 N–H and O–H groups in total. The van der Waals surface area contributed by atoms with E-state index in [1.165, 1.54) is 50.4 Å². The van der Waals surface area contributed by atoms with Crippen molar-refractivity contribution in [1.82, 2.24) is 66.7 Å². The molecule has 0 aromatic carbocycles. The van der Waals surface area contributed by atoms with Crippen molar-refractivity contribution in [3.63, 3.8) is 0 Å². The van der Waals surface area contributed by atoms with Crippen LogP contribution in [-0.2, 0) is 54.1 Å². The third-order valence-electron chi connectivity index (χ3n) is 16.9. The summed E-state index contributed by atoms with van der Waals surface area (Å²) in [5, 5.41) is 116. The lowest BCUT2D eigenvalue weighted by atomic mass is 9.96. The number of rotatable bonds is 41. The number of nitrogens with one attached hydrogen (secondary N) is 8. The number of imidazole rings is 1. The number of aliphatic hydroxyl groups excluding tert-OH is 8. The Hall–Kier alpha value is -8.82. The number of guanidine groups is 2. The maximum atomic E-state index is 15.2. The molecule has 4 aromatic heterocycles. The average Bonchev–Trinajstić information content (AvgIpc) is 1.34. The molecule has 2 saturated heterocycles. The molecule has 2 aliphatic rings. The molecule has 0 aliphatic carbocycles. The second-order valence-electron chi connectivity index (χ2n) is 24.9. The highest BCUT2D eigenvalue weighted by Gasteiger charge is 2.54. The number of carbonyl (C=O) groups excluding carboxylic acids is 8. The van der Waals surface area contributed by atoms with Crippen LogP contribution in [0.25, 0.3) is 10.7 Å². The number of hydrogen-bond donors (Lipinski definition) is 24. The van der Waals surface area contributed by atoms with E-state index in [-0.39, 0.29) is 72.4 Å². The minimum atomic E-state index is -2.21. The highest BCUT2D eigenvalue weighted by Crippen LogP contribution is 2.35. The monoisotopic (exact) mass is 1570 g/mol. The SMILES string of the molecule is Cc1c(N)nc(C(CC(N)=O)NCC(N)C(N)=O)nc1C(=O)NC(C(=O)NC(C)C(O)C(C)C(=O)NC(C(=O)NCCc1nc(-c2nc(C(=O)NCCCCN(CCCCN=C(N)N)C(=N)N)cs2)cs1)C(C)O)C(OC1OC(CO)C(O)C(O)C1OC1OC(CO)C(O)C(OC(N)=O)C1O)c1cnc[nH]1.Cl. The van der Waals surface area contributed by atoms with Crippen molar-refractivity contribution in [2.75, 3.05) is 58.2 Å². The van der Waals surface area contributed by atoms with Crippen LogP contribution in [0.4, 0.5) is 10.6 Å². The summed E-state index contributed by atoms with van der Waals surface area (Å²) in [4.78, 5) is 137. The molecule has 0 bridgehead atoms. The number of primary amides is 3. The Morgan fingerprint density at radius 1 is 0.766 bits per heavy atom. The number of carbonyl (C=O) groups is 8. The van der Waals surface area contributed by atoms with E-state index in [1.54, 1.807) is 15.7 Å². The molecular formula is C60H96ClN23O21S2. The van der Waals surface area contributed by atoms with Gasteiger partial charge in [0.2, 0.25) is 29.5 Å². The van der Waals surface area contributed by atoms with E-state index in [1.807, 2.05) is 0 Å². The third kappa shape index (κ3) is 25.1. The number of nitrogens with zero attached hydrogens (tertiary/aromatic N) is 7. The molecule has 6 heterocycles. The molecule has 19 atom stereocenters. The predicted octanol–water partition coefficient (Wildman–Crippen LogP) is -8.52. The van der Waals surface area contributed by atoms with Crippen molar-refractivity contribution in [2.45, 2.75) is 176 Å². The van der Waals surface area contributed by atoms with Gasteiger partial charge in [0, 0.05) is 68.4 Å². The first-order valence-electron chi connectivity index (χ1n) is 33.2. The average molecular weight is 1580 g/mol. The number of thiazole rings is 2. The van der Waals surface area contributed by atoms with Crippen molar-refractivity contribution in [1.29, 1.82) is 5.41 Å². The van der Waals surface area contributed by atoms with Gasteiger partial charge in [-0.05, 0) is 46.5 Å². The molecule has 0 saturated carbocycles. The topological polar surface area (TPSA) is 745 Å². The Morgan fingerprint density at radius 2 is 1.44 bits per heavy atom. The minimum absolute atomic E-state index is 0. The van der Waals surface area contributed by atoms with Gasteiger partial charge in [-0.1, -0.05) is 6.92 Å². The summed E-state index contributed by atoms with van der Waals surface area (Å²) in [5.41, 5.74) is 44.4. The van der Waals surface area contributed by atoms with Gasteiger partial charge in [0.1, 0.15) is 94.6 Å². The Balaban J connectivity index is 0.0000205. The van der Waals surface area contributed by atoms with E-state index < -0.39 is 189 Å². The summed E-state index contributed by atoms with van der Waals surface area (Å²) in [6.45, 7) is 4.43. The number of nitrogen functional groups attached to an aromatic ring is 1. The zero-order valence-electron chi connectivity index (χ0n) is 58.5. The number of aromatic amines is 1. The van der Waals surface area contributed by atoms with E-state index in [0.29, 0.717) is 61.2 Å². The van der Waals surface area contributed by atoms with Gasteiger partial charge < -0.3 is 152 Å². The van der Waals surface area contributed by atoms with Gasteiger partial charge in [-0.15, -0.1) is 35.1 Å². The number of amides is 8. The Kier molecular flexibility index (Phi) is 34.9. The number of anilines is 1. The molecule has 0 radical (unpaired) electrons. The largest absolute Gasteiger partial charge is 0.441 e. The van der Waals surface area contributed by atoms with Crippen LogP contribution in [0.1, 0.15) is 108 Å². The summed E-state index contributed by atoms with van der Waals surface area (Å²) < 4.78 is 28.8. The van der Waals surface area contributed by atoms with Gasteiger partial charge in [-0.3, -0.25) is 44.0 Å². The van der Waals surface area contributed by atoms with Crippen LogP contribution in [0.15, 0.2) is 28.3 Å². The molecule has 2 aliphatic heterocycles. The van der Waals surface area contributed by atoms with Gasteiger partial charge in [0.05, 0.1) is 72.7 Å². The van der Waals surface area contributed by atoms with E-state index in [0.717, 1.165) is 18.9 Å². The first-order valence-corrected chi connectivity index (χ1v) is 35.0. The predicted molar refractivity (Wildman–Crippen MR) is 380 cm³/mol. The fourth-order valence-electron chi connectivity index (χ4n) is 10.8. The highest BCUT2D eigenvalue weighted by atomic mass is 35.5. The fourth-order valence-corrected chi connectivity index (χ4v) is 12.5. The lowest BCUT2D eigenvalue weighted by Crippen LogP contribution is -2.65. The van der Waals surface area contributed by atoms with Crippen molar-refractivity contribution in [3.8, 4) is 10.7 Å². The summed E-state index contributed by atoms with van der Waals surface area (Å²) in [6.07, 6.45) is -22.6. The molecule has 596 valence electrons. The lowest BCUT2D eigenvalue weighted by molar-refractivity contribution is -0.372. The second-order valence-corrected chi connectivity index (χ2v) is 26.7. The summed E-state index contributed by atoms with van der Waals surface area (Å²) in [7, 11) is 0. The van der Waals surface area contributed by atoms with Crippen LogP contribution in [-0.4, -0.2) is 285 Å². The maximum absolute atomic E-state index is 15.2. The molecule has 0 spiro atoms. The molecule has 44 nitrogen and oxygen atoms in total. The Morgan fingerprint density at radius 3 is 2.06 bits per heavy atom. The molecule has 4 aromatic rings.